The number of nitrogens with zero attached hydrogens (tertiary/aromatic N) is 2. The summed E-state index contributed by atoms with van der Waals surface area (Å²) in [6.45, 7) is 10.1. The van der Waals surface area contributed by atoms with Crippen LogP contribution in [0.1, 0.15) is 25.8 Å². The van der Waals surface area contributed by atoms with Crippen LogP contribution in [0.15, 0.2) is 29.3 Å². The number of hydrogen-bond acceptors (Lipinski definition) is 3. The monoisotopic (exact) mass is 304 g/mol. The summed E-state index contributed by atoms with van der Waals surface area (Å²) in [5.41, 5.74) is 8.12. The molecule has 122 valence electrons. The number of hydrogen-bond donors (Lipinski definition) is 2. The molecule has 0 spiro atoms. The Labute approximate surface area is 133 Å². The van der Waals surface area contributed by atoms with Crippen LogP contribution in [0.25, 0.3) is 0 Å². The maximum absolute atomic E-state index is 5.91. The van der Waals surface area contributed by atoms with Crippen LogP contribution in [-0.2, 0) is 4.74 Å². The zero-order valence-corrected chi connectivity index (χ0v) is 13.9. The molecule has 0 saturated carbocycles. The van der Waals surface area contributed by atoms with E-state index in [0.717, 1.165) is 38.3 Å². The first-order valence-electron chi connectivity index (χ1n) is 8.04. The van der Waals surface area contributed by atoms with Crippen LogP contribution in [-0.4, -0.2) is 49.2 Å². The van der Waals surface area contributed by atoms with Crippen LogP contribution in [0.2, 0.25) is 0 Å². The Balaban J connectivity index is 1.69. The summed E-state index contributed by atoms with van der Waals surface area (Å²) in [6, 6.07) is 8.12. The normalized spacial score (nSPS) is 23.5. The molecule has 0 aromatic heterocycles. The zero-order chi connectivity index (χ0) is 15.9. The number of aryl methyl sites for hydroxylation is 1. The van der Waals surface area contributed by atoms with Gasteiger partial charge in [0.1, 0.15) is 0 Å². The summed E-state index contributed by atoms with van der Waals surface area (Å²) in [7, 11) is 0. The summed E-state index contributed by atoms with van der Waals surface area (Å²) < 4.78 is 5.74. The Hall–Kier alpha value is -1.59. The number of morpholine rings is 1. The minimum atomic E-state index is 0.320. The minimum absolute atomic E-state index is 0.320. The minimum Gasteiger partial charge on any atom is -0.373 e. The van der Waals surface area contributed by atoms with Crippen molar-refractivity contribution in [2.24, 2.45) is 10.7 Å². The van der Waals surface area contributed by atoms with Crippen LogP contribution in [0.3, 0.4) is 0 Å². The number of aliphatic imine (C=N–C) groups is 1. The molecule has 5 nitrogen and oxygen atoms in total. The van der Waals surface area contributed by atoms with Crippen molar-refractivity contribution >= 4 is 11.6 Å². The van der Waals surface area contributed by atoms with Crippen molar-refractivity contribution in [3.8, 4) is 0 Å². The molecule has 5 heteroatoms. The fraction of sp³-hybridized carbons (Fsp3) is 0.588. The Morgan fingerprint density at radius 3 is 2.55 bits per heavy atom. The topological polar surface area (TPSA) is 62.9 Å². The molecule has 0 bridgehead atoms. The van der Waals surface area contributed by atoms with E-state index in [1.807, 2.05) is 12.1 Å². The molecule has 3 N–H and O–H groups in total. The first-order chi connectivity index (χ1) is 10.5. The van der Waals surface area contributed by atoms with Crippen LogP contribution < -0.4 is 11.1 Å². The van der Waals surface area contributed by atoms with E-state index in [1.165, 1.54) is 5.56 Å². The van der Waals surface area contributed by atoms with Gasteiger partial charge in [-0.15, -0.1) is 0 Å². The van der Waals surface area contributed by atoms with Crippen molar-refractivity contribution < 1.29 is 4.74 Å². The van der Waals surface area contributed by atoms with Gasteiger partial charge in [-0.2, -0.15) is 0 Å². The average Bonchev–Trinajstić information content (AvgIpc) is 2.45. The zero-order valence-electron chi connectivity index (χ0n) is 13.9. The van der Waals surface area contributed by atoms with Crippen molar-refractivity contribution in [1.82, 2.24) is 4.90 Å². The second-order valence-electron chi connectivity index (χ2n) is 6.13. The van der Waals surface area contributed by atoms with E-state index >= 15 is 0 Å². The van der Waals surface area contributed by atoms with Gasteiger partial charge >= 0.3 is 0 Å². The largest absolute Gasteiger partial charge is 0.373 e. The van der Waals surface area contributed by atoms with Gasteiger partial charge < -0.3 is 15.8 Å². The number of anilines is 1. The van der Waals surface area contributed by atoms with Crippen LogP contribution in [0, 0.1) is 6.92 Å². The number of ether oxygens (including phenoxy) is 1. The van der Waals surface area contributed by atoms with E-state index < -0.39 is 0 Å². The van der Waals surface area contributed by atoms with Gasteiger partial charge in [0, 0.05) is 31.9 Å². The van der Waals surface area contributed by atoms with Crippen molar-refractivity contribution in [2.75, 3.05) is 31.5 Å². The molecule has 2 unspecified atom stereocenters. The molecular formula is C17H28N4O. The molecule has 2 rings (SSSR count). The molecule has 1 aromatic carbocycles. The van der Waals surface area contributed by atoms with Crippen LogP contribution in [0.5, 0.6) is 0 Å². The lowest BCUT2D eigenvalue weighted by Gasteiger charge is -2.35. The fourth-order valence-corrected chi connectivity index (χ4v) is 2.79. The Morgan fingerprint density at radius 1 is 1.27 bits per heavy atom. The lowest BCUT2D eigenvalue weighted by molar-refractivity contribution is -0.0679. The second-order valence-corrected chi connectivity index (χ2v) is 6.13. The lowest BCUT2D eigenvalue weighted by atomic mass is 10.2. The average molecular weight is 304 g/mol. The highest BCUT2D eigenvalue weighted by Gasteiger charge is 2.21. The van der Waals surface area contributed by atoms with Gasteiger partial charge in [-0.1, -0.05) is 17.7 Å². The molecule has 1 aliphatic heterocycles. The van der Waals surface area contributed by atoms with Crippen molar-refractivity contribution in [3.63, 3.8) is 0 Å². The fourth-order valence-electron chi connectivity index (χ4n) is 2.79. The lowest BCUT2D eigenvalue weighted by Crippen LogP contribution is -2.45. The Bertz CT molecular complexity index is 476. The first-order valence-corrected chi connectivity index (χ1v) is 8.04. The maximum Gasteiger partial charge on any atom is 0.193 e. The van der Waals surface area contributed by atoms with Gasteiger partial charge in [0.25, 0.3) is 0 Å². The van der Waals surface area contributed by atoms with E-state index in [-0.39, 0.29) is 0 Å². The molecule has 2 atom stereocenters. The highest BCUT2D eigenvalue weighted by molar-refractivity contribution is 5.92. The summed E-state index contributed by atoms with van der Waals surface area (Å²) >= 11 is 0. The predicted molar refractivity (Wildman–Crippen MR) is 92.4 cm³/mol. The molecule has 0 amide bonds. The van der Waals surface area contributed by atoms with Crippen molar-refractivity contribution in [3.05, 3.63) is 29.8 Å². The number of rotatable bonds is 5. The Morgan fingerprint density at radius 2 is 1.91 bits per heavy atom. The summed E-state index contributed by atoms with van der Waals surface area (Å²) in [4.78, 5) is 6.83. The molecule has 0 radical (unpaired) electrons. The van der Waals surface area contributed by atoms with E-state index in [2.05, 4.69) is 48.1 Å². The molecular weight excluding hydrogens is 276 g/mol. The van der Waals surface area contributed by atoms with Crippen molar-refractivity contribution in [1.29, 1.82) is 0 Å². The third kappa shape index (κ3) is 5.66. The van der Waals surface area contributed by atoms with Crippen molar-refractivity contribution in [2.45, 2.75) is 39.4 Å². The van der Waals surface area contributed by atoms with Gasteiger partial charge in [-0.05, 0) is 39.3 Å². The summed E-state index contributed by atoms with van der Waals surface area (Å²) in [6.07, 6.45) is 1.65. The molecule has 1 saturated heterocycles. The van der Waals surface area contributed by atoms with E-state index in [9.17, 15) is 0 Å². The van der Waals surface area contributed by atoms with E-state index in [0.29, 0.717) is 18.2 Å². The highest BCUT2D eigenvalue weighted by atomic mass is 16.5. The van der Waals surface area contributed by atoms with Gasteiger partial charge in [0.2, 0.25) is 0 Å². The third-order valence-corrected chi connectivity index (χ3v) is 3.73. The van der Waals surface area contributed by atoms with Gasteiger partial charge in [-0.3, -0.25) is 9.89 Å². The SMILES string of the molecule is Cc1ccc(NC(N)=NCCCN2CC(C)OC(C)C2)cc1. The number of benzene rings is 1. The standard InChI is InChI=1S/C17H28N4O/c1-13-5-7-16(8-6-13)20-17(18)19-9-4-10-21-11-14(2)22-15(3)12-21/h5-8,14-15H,4,9-12H2,1-3H3,(H3,18,19,20). The number of nitrogens with two attached hydrogens (primary N) is 1. The quantitative estimate of drug-likeness (QED) is 0.497. The maximum atomic E-state index is 5.91. The molecule has 1 heterocycles. The second kappa shape index (κ2) is 8.15. The Kier molecular flexibility index (Phi) is 6.21. The van der Waals surface area contributed by atoms with Crippen LogP contribution >= 0.6 is 0 Å². The smallest absolute Gasteiger partial charge is 0.193 e. The molecule has 1 fully saturated rings. The third-order valence-electron chi connectivity index (χ3n) is 3.73. The first kappa shape index (κ1) is 16.8. The molecule has 1 aromatic rings. The predicted octanol–water partition coefficient (Wildman–Crippen LogP) is 2.22. The molecule has 0 aliphatic carbocycles. The van der Waals surface area contributed by atoms with Gasteiger partial charge in [0.05, 0.1) is 12.2 Å². The van der Waals surface area contributed by atoms with Gasteiger partial charge in [-0.25, -0.2) is 0 Å². The number of nitrogens with one attached hydrogen (secondary N) is 1. The molecule has 22 heavy (non-hydrogen) atoms. The van der Waals surface area contributed by atoms with E-state index in [4.69, 9.17) is 10.5 Å². The number of guanidine groups is 1. The van der Waals surface area contributed by atoms with Gasteiger partial charge in [0.15, 0.2) is 5.96 Å². The van der Waals surface area contributed by atoms with E-state index in [1.54, 1.807) is 0 Å². The summed E-state index contributed by atoms with van der Waals surface area (Å²) in [5, 5.41) is 3.12. The highest BCUT2D eigenvalue weighted by Crippen LogP contribution is 2.11. The van der Waals surface area contributed by atoms with Crippen LogP contribution in [0.4, 0.5) is 5.69 Å². The molecule has 1 aliphatic rings. The summed E-state index contributed by atoms with van der Waals surface area (Å²) in [5.74, 6) is 0.479.